The molecule has 0 saturated carbocycles. The molecule has 0 radical (unpaired) electrons. The van der Waals surface area contributed by atoms with E-state index in [4.69, 9.17) is 5.73 Å². The van der Waals surface area contributed by atoms with E-state index in [2.05, 4.69) is 20.5 Å². The highest BCUT2D eigenvalue weighted by molar-refractivity contribution is 8.01. The molecule has 186 valence electrons. The number of likely N-dealkylation sites (N-methyl/N-ethyl adjacent to an activating group) is 1. The smallest absolute Gasteiger partial charge is 0.352 e. The fraction of sp³-hybridized carbons (Fsp3) is 0.421. The molecule has 2 aromatic rings. The van der Waals surface area contributed by atoms with E-state index in [0.29, 0.717) is 37.3 Å². The molecule has 1 saturated heterocycles. The van der Waals surface area contributed by atoms with Crippen molar-refractivity contribution in [3.8, 4) is 0 Å². The molecule has 0 bridgehead atoms. The van der Waals surface area contributed by atoms with Crippen molar-refractivity contribution in [2.75, 3.05) is 31.3 Å². The average molecular weight is 556 g/mol. The second-order valence-corrected chi connectivity index (χ2v) is 12.1. The number of carbonyl (C=O) groups excluding carboxylic acids is 3. The molecule has 0 aromatic carbocycles. The van der Waals surface area contributed by atoms with Crippen LogP contribution in [0.4, 0.5) is 5.13 Å². The number of carboxylic acids is 1. The summed E-state index contributed by atoms with van der Waals surface area (Å²) in [6.07, 6.45) is 0.138. The van der Waals surface area contributed by atoms with Crippen molar-refractivity contribution in [1.29, 1.82) is 0 Å². The summed E-state index contributed by atoms with van der Waals surface area (Å²) in [5.74, 6) is -1.43. The molecule has 4 heterocycles. The predicted molar refractivity (Wildman–Crippen MR) is 133 cm³/mol. The third kappa shape index (κ3) is 5.60. The predicted octanol–water partition coefficient (Wildman–Crippen LogP) is 0.281. The first-order valence-corrected chi connectivity index (χ1v) is 13.9. The van der Waals surface area contributed by atoms with Crippen molar-refractivity contribution >= 4 is 75.0 Å². The molecule has 2 atom stereocenters. The van der Waals surface area contributed by atoms with Gasteiger partial charge in [0.2, 0.25) is 11.8 Å². The van der Waals surface area contributed by atoms with E-state index in [1.807, 2.05) is 0 Å². The lowest BCUT2D eigenvalue weighted by Crippen LogP contribution is -2.70. The molecule has 16 heteroatoms. The molecule has 2 aliphatic rings. The van der Waals surface area contributed by atoms with Gasteiger partial charge in [0.05, 0.1) is 18.5 Å². The first-order chi connectivity index (χ1) is 16.6. The Morgan fingerprint density at radius 2 is 2.09 bits per heavy atom. The number of carbonyl (C=O) groups is 4. The SMILES string of the molecule is CN(C)C(=O)Cc1nnc(SCC2=C(C(=O)O)N3C(=O)C(NC(=O)Cc4csc(N)n4)[C@@H]3SC2)s1. The van der Waals surface area contributed by atoms with Gasteiger partial charge in [0, 0.05) is 31.0 Å². The van der Waals surface area contributed by atoms with Crippen LogP contribution in [0.1, 0.15) is 10.7 Å². The number of nitrogens with two attached hydrogens (primary N) is 1. The minimum absolute atomic E-state index is 0.0115. The molecule has 4 rings (SSSR count). The van der Waals surface area contributed by atoms with Crippen LogP contribution in [0.3, 0.4) is 0 Å². The van der Waals surface area contributed by atoms with Gasteiger partial charge in [-0.1, -0.05) is 23.1 Å². The Kier molecular flexibility index (Phi) is 7.63. The Balaban J connectivity index is 1.39. The van der Waals surface area contributed by atoms with E-state index in [-0.39, 0.29) is 30.4 Å². The highest BCUT2D eigenvalue weighted by Crippen LogP contribution is 2.41. The Hall–Kier alpha value is -2.69. The first-order valence-electron chi connectivity index (χ1n) is 10.2. The van der Waals surface area contributed by atoms with Gasteiger partial charge in [0.1, 0.15) is 22.1 Å². The van der Waals surface area contributed by atoms with E-state index < -0.39 is 23.3 Å². The lowest BCUT2D eigenvalue weighted by molar-refractivity contribution is -0.150. The maximum Gasteiger partial charge on any atom is 0.352 e. The fourth-order valence-corrected chi connectivity index (χ4v) is 7.33. The number of aliphatic carboxylic acids is 1. The summed E-state index contributed by atoms with van der Waals surface area (Å²) in [5.41, 5.74) is 6.62. The quantitative estimate of drug-likeness (QED) is 0.287. The monoisotopic (exact) mass is 555 g/mol. The normalized spacial score (nSPS) is 19.3. The standard InChI is InChI=1S/C19H21N7O5S4/c1-25(2)12(28)4-11-23-24-19(35-11)34-6-8-5-32-16-13(15(29)26(16)14(8)17(30)31)22-10(27)3-9-7-33-18(20)21-9/h7,13,16H,3-6H2,1-2H3,(H2,20,21)(H,22,27)(H,30,31)/t13?,16-/m0/s1. The van der Waals surface area contributed by atoms with Crippen LogP contribution in [-0.2, 0) is 32.0 Å². The highest BCUT2D eigenvalue weighted by Gasteiger charge is 2.54. The van der Waals surface area contributed by atoms with Crippen LogP contribution < -0.4 is 11.1 Å². The number of thiazole rings is 1. The number of aromatic nitrogens is 3. The summed E-state index contributed by atoms with van der Waals surface area (Å²) in [7, 11) is 3.33. The zero-order chi connectivity index (χ0) is 25.3. The number of anilines is 1. The van der Waals surface area contributed by atoms with Gasteiger partial charge in [0.15, 0.2) is 9.47 Å². The Labute approximate surface area is 216 Å². The molecule has 0 aliphatic carbocycles. The zero-order valence-electron chi connectivity index (χ0n) is 18.6. The minimum atomic E-state index is -1.20. The van der Waals surface area contributed by atoms with Crippen LogP contribution in [0.25, 0.3) is 0 Å². The summed E-state index contributed by atoms with van der Waals surface area (Å²) >= 11 is 5.21. The van der Waals surface area contributed by atoms with Crippen molar-refractivity contribution in [1.82, 2.24) is 30.3 Å². The molecule has 1 unspecified atom stereocenters. The molecule has 1 fully saturated rings. The summed E-state index contributed by atoms with van der Waals surface area (Å²) in [5, 5.41) is 22.7. The summed E-state index contributed by atoms with van der Waals surface area (Å²) in [4.78, 5) is 55.8. The number of fused-ring (bicyclic) bond motifs is 1. The number of hydrogen-bond donors (Lipinski definition) is 3. The van der Waals surface area contributed by atoms with Crippen molar-refractivity contribution in [3.05, 3.63) is 27.4 Å². The molecule has 0 spiro atoms. The average Bonchev–Trinajstić information content (AvgIpc) is 3.43. The largest absolute Gasteiger partial charge is 0.477 e. The lowest BCUT2D eigenvalue weighted by atomic mass is 10.0. The fourth-order valence-electron chi connectivity index (χ4n) is 3.39. The number of thioether (sulfide) groups is 2. The van der Waals surface area contributed by atoms with Gasteiger partial charge in [0.25, 0.3) is 5.91 Å². The highest BCUT2D eigenvalue weighted by atomic mass is 32.2. The van der Waals surface area contributed by atoms with Crippen LogP contribution in [0.5, 0.6) is 0 Å². The number of β-lactam (4-membered cyclic amide) rings is 1. The van der Waals surface area contributed by atoms with Crippen LogP contribution in [0.2, 0.25) is 0 Å². The van der Waals surface area contributed by atoms with Gasteiger partial charge in [-0.25, -0.2) is 9.78 Å². The lowest BCUT2D eigenvalue weighted by Gasteiger charge is -2.49. The van der Waals surface area contributed by atoms with E-state index in [1.54, 1.807) is 19.5 Å². The third-order valence-electron chi connectivity index (χ3n) is 5.10. The summed E-state index contributed by atoms with van der Waals surface area (Å²) in [6.45, 7) is 0. The minimum Gasteiger partial charge on any atom is -0.477 e. The molecule has 3 amide bonds. The molecule has 2 aliphatic heterocycles. The van der Waals surface area contributed by atoms with E-state index in [9.17, 15) is 24.3 Å². The van der Waals surface area contributed by atoms with E-state index in [1.165, 1.54) is 56.0 Å². The van der Waals surface area contributed by atoms with Crippen LogP contribution >= 0.6 is 46.2 Å². The van der Waals surface area contributed by atoms with Crippen LogP contribution in [0.15, 0.2) is 21.0 Å². The Morgan fingerprint density at radius 3 is 2.74 bits per heavy atom. The number of nitrogens with one attached hydrogen (secondary N) is 1. The van der Waals surface area contributed by atoms with Gasteiger partial charge >= 0.3 is 5.97 Å². The maximum atomic E-state index is 12.8. The second-order valence-electron chi connectivity index (χ2n) is 7.78. The van der Waals surface area contributed by atoms with Gasteiger partial charge < -0.3 is 21.1 Å². The van der Waals surface area contributed by atoms with E-state index in [0.717, 1.165) is 0 Å². The van der Waals surface area contributed by atoms with Gasteiger partial charge in [-0.2, -0.15) is 0 Å². The van der Waals surface area contributed by atoms with Crippen LogP contribution in [-0.4, -0.2) is 90.8 Å². The molecule has 2 aromatic heterocycles. The topological polar surface area (TPSA) is 172 Å². The van der Waals surface area contributed by atoms with E-state index >= 15 is 0 Å². The van der Waals surface area contributed by atoms with Crippen molar-refractivity contribution in [2.45, 2.75) is 28.6 Å². The summed E-state index contributed by atoms with van der Waals surface area (Å²) < 4.78 is 0.610. The number of nitrogens with zero attached hydrogens (tertiary/aromatic N) is 5. The van der Waals surface area contributed by atoms with Gasteiger partial charge in [-0.3, -0.25) is 19.3 Å². The number of amides is 3. The molecule has 4 N–H and O–H groups in total. The third-order valence-corrected chi connectivity index (χ3v) is 9.30. The molecule has 35 heavy (non-hydrogen) atoms. The Bertz CT molecular complexity index is 1210. The zero-order valence-corrected chi connectivity index (χ0v) is 21.9. The molecule has 12 nitrogen and oxygen atoms in total. The van der Waals surface area contributed by atoms with Crippen molar-refractivity contribution < 1.29 is 24.3 Å². The van der Waals surface area contributed by atoms with Crippen molar-refractivity contribution in [3.63, 3.8) is 0 Å². The number of rotatable bonds is 9. The maximum absolute atomic E-state index is 12.8. The first kappa shape index (κ1) is 25.4. The molecular weight excluding hydrogens is 535 g/mol. The molecular formula is C19H21N7O5S4. The second kappa shape index (κ2) is 10.5. The number of carboxylic acid groups (broad SMARTS) is 1. The Morgan fingerprint density at radius 1 is 1.31 bits per heavy atom. The number of nitrogen functional groups attached to an aromatic ring is 1. The van der Waals surface area contributed by atoms with Crippen molar-refractivity contribution in [2.24, 2.45) is 0 Å². The summed E-state index contributed by atoms with van der Waals surface area (Å²) in [6, 6.07) is -0.799. The van der Waals surface area contributed by atoms with Gasteiger partial charge in [-0.15, -0.1) is 33.3 Å². The number of hydrogen-bond acceptors (Lipinski definition) is 12. The van der Waals surface area contributed by atoms with Crippen LogP contribution in [0, 0.1) is 0 Å². The van der Waals surface area contributed by atoms with Gasteiger partial charge in [-0.05, 0) is 5.57 Å².